The van der Waals surface area contributed by atoms with Gasteiger partial charge in [0.1, 0.15) is 5.82 Å². The van der Waals surface area contributed by atoms with Crippen molar-refractivity contribution in [1.29, 1.82) is 0 Å². The summed E-state index contributed by atoms with van der Waals surface area (Å²) < 4.78 is 13.1. The maximum absolute atomic E-state index is 13.1. The maximum Gasteiger partial charge on any atom is 0.126 e. The van der Waals surface area contributed by atoms with Gasteiger partial charge in [0, 0.05) is 5.33 Å². The second-order valence-electron chi connectivity index (χ2n) is 3.06. The SMILES string of the molecule is CC(CBr)Cc1ccccc1F. The molecule has 0 aromatic heterocycles. The summed E-state index contributed by atoms with van der Waals surface area (Å²) >= 11 is 3.37. The molecular weight excluding hydrogens is 219 g/mol. The molecule has 0 saturated carbocycles. The summed E-state index contributed by atoms with van der Waals surface area (Å²) in [6.07, 6.45) is 0.803. The van der Waals surface area contributed by atoms with Gasteiger partial charge in [-0.2, -0.15) is 0 Å². The first-order valence-electron chi connectivity index (χ1n) is 4.03. The van der Waals surface area contributed by atoms with E-state index in [1.807, 2.05) is 12.1 Å². The van der Waals surface area contributed by atoms with E-state index < -0.39 is 0 Å². The van der Waals surface area contributed by atoms with Gasteiger partial charge < -0.3 is 0 Å². The molecule has 0 aliphatic rings. The lowest BCUT2D eigenvalue weighted by molar-refractivity contribution is 0.579. The largest absolute Gasteiger partial charge is 0.207 e. The fraction of sp³-hybridized carbons (Fsp3) is 0.400. The Bertz CT molecular complexity index is 247. The minimum absolute atomic E-state index is 0.0923. The van der Waals surface area contributed by atoms with Crippen LogP contribution in [0.2, 0.25) is 0 Å². The van der Waals surface area contributed by atoms with Gasteiger partial charge in [0.15, 0.2) is 0 Å². The summed E-state index contributed by atoms with van der Waals surface area (Å²) in [6, 6.07) is 6.95. The van der Waals surface area contributed by atoms with Crippen LogP contribution in [0.25, 0.3) is 0 Å². The third-order valence-corrected chi connectivity index (χ3v) is 2.89. The number of hydrogen-bond donors (Lipinski definition) is 0. The van der Waals surface area contributed by atoms with Crippen molar-refractivity contribution in [2.45, 2.75) is 13.3 Å². The molecule has 66 valence electrons. The van der Waals surface area contributed by atoms with Gasteiger partial charge in [-0.05, 0) is 24.0 Å². The minimum atomic E-state index is -0.0923. The quantitative estimate of drug-likeness (QED) is 0.699. The molecule has 2 heteroatoms. The van der Waals surface area contributed by atoms with E-state index in [4.69, 9.17) is 0 Å². The predicted octanol–water partition coefficient (Wildman–Crippen LogP) is 3.40. The van der Waals surface area contributed by atoms with E-state index in [-0.39, 0.29) is 5.82 Å². The zero-order valence-corrected chi connectivity index (χ0v) is 8.64. The normalized spacial score (nSPS) is 12.9. The molecule has 0 radical (unpaired) electrons. The van der Waals surface area contributed by atoms with Crippen LogP contribution in [0, 0.1) is 11.7 Å². The molecule has 1 unspecified atom stereocenters. The first-order valence-corrected chi connectivity index (χ1v) is 5.15. The fourth-order valence-electron chi connectivity index (χ4n) is 1.09. The lowest BCUT2D eigenvalue weighted by atomic mass is 10.0. The van der Waals surface area contributed by atoms with Crippen LogP contribution in [0.1, 0.15) is 12.5 Å². The van der Waals surface area contributed by atoms with Crippen molar-refractivity contribution >= 4 is 15.9 Å². The molecule has 0 amide bonds. The van der Waals surface area contributed by atoms with E-state index >= 15 is 0 Å². The molecule has 0 aliphatic carbocycles. The third kappa shape index (κ3) is 2.59. The molecule has 1 rings (SSSR count). The Morgan fingerprint density at radius 3 is 2.67 bits per heavy atom. The Morgan fingerprint density at radius 1 is 1.42 bits per heavy atom. The van der Waals surface area contributed by atoms with E-state index in [1.54, 1.807) is 6.07 Å². The van der Waals surface area contributed by atoms with E-state index in [1.165, 1.54) is 6.07 Å². The number of benzene rings is 1. The van der Waals surface area contributed by atoms with E-state index in [2.05, 4.69) is 22.9 Å². The van der Waals surface area contributed by atoms with Crippen molar-refractivity contribution in [3.05, 3.63) is 35.6 Å². The Labute approximate surface area is 80.9 Å². The molecule has 0 nitrogen and oxygen atoms in total. The molecule has 0 saturated heterocycles. The zero-order valence-electron chi connectivity index (χ0n) is 7.06. The smallest absolute Gasteiger partial charge is 0.126 e. The lowest BCUT2D eigenvalue weighted by Gasteiger charge is -2.07. The molecule has 0 spiro atoms. The van der Waals surface area contributed by atoms with Crippen molar-refractivity contribution in [2.75, 3.05) is 5.33 Å². The van der Waals surface area contributed by atoms with Gasteiger partial charge in [-0.1, -0.05) is 41.1 Å². The van der Waals surface area contributed by atoms with Crippen LogP contribution in [-0.2, 0) is 6.42 Å². The number of alkyl halides is 1. The summed E-state index contributed by atoms with van der Waals surface area (Å²) in [5.41, 5.74) is 0.810. The van der Waals surface area contributed by atoms with Crippen LogP contribution in [0.5, 0.6) is 0 Å². The van der Waals surface area contributed by atoms with Crippen LogP contribution < -0.4 is 0 Å². The van der Waals surface area contributed by atoms with Gasteiger partial charge in [0.25, 0.3) is 0 Å². The van der Waals surface area contributed by atoms with Crippen LogP contribution in [-0.4, -0.2) is 5.33 Å². The lowest BCUT2D eigenvalue weighted by Crippen LogP contribution is -2.02. The number of rotatable bonds is 3. The van der Waals surface area contributed by atoms with Crippen LogP contribution >= 0.6 is 15.9 Å². The second-order valence-corrected chi connectivity index (χ2v) is 3.70. The summed E-state index contributed by atoms with van der Waals surface area (Å²) in [5, 5.41) is 0.918. The van der Waals surface area contributed by atoms with Crippen molar-refractivity contribution in [3.8, 4) is 0 Å². The molecule has 0 N–H and O–H groups in total. The summed E-state index contributed by atoms with van der Waals surface area (Å²) in [7, 11) is 0. The monoisotopic (exact) mass is 230 g/mol. The van der Waals surface area contributed by atoms with Gasteiger partial charge in [-0.15, -0.1) is 0 Å². The van der Waals surface area contributed by atoms with Gasteiger partial charge in [0.2, 0.25) is 0 Å². The number of hydrogen-bond acceptors (Lipinski definition) is 0. The molecule has 1 aromatic rings. The van der Waals surface area contributed by atoms with Crippen molar-refractivity contribution < 1.29 is 4.39 Å². The van der Waals surface area contributed by atoms with Crippen molar-refractivity contribution in [1.82, 2.24) is 0 Å². The minimum Gasteiger partial charge on any atom is -0.207 e. The second kappa shape index (κ2) is 4.61. The number of halogens is 2. The Balaban J connectivity index is 2.69. The average Bonchev–Trinajstić information content (AvgIpc) is 2.09. The van der Waals surface area contributed by atoms with E-state index in [0.29, 0.717) is 5.92 Å². The van der Waals surface area contributed by atoms with Crippen LogP contribution in [0.4, 0.5) is 4.39 Å². The van der Waals surface area contributed by atoms with Crippen LogP contribution in [0.15, 0.2) is 24.3 Å². The Hall–Kier alpha value is -0.370. The highest BCUT2D eigenvalue weighted by molar-refractivity contribution is 9.09. The Kier molecular flexibility index (Phi) is 3.73. The van der Waals surface area contributed by atoms with E-state index in [9.17, 15) is 4.39 Å². The summed E-state index contributed by atoms with van der Waals surface area (Å²) in [6.45, 7) is 2.10. The average molecular weight is 231 g/mol. The standard InChI is InChI=1S/C10H12BrF/c1-8(7-11)6-9-4-2-3-5-10(9)12/h2-5,8H,6-7H2,1H3. The highest BCUT2D eigenvalue weighted by Gasteiger charge is 2.05. The van der Waals surface area contributed by atoms with Gasteiger partial charge in [-0.3, -0.25) is 0 Å². The highest BCUT2D eigenvalue weighted by Crippen LogP contribution is 2.13. The highest BCUT2D eigenvalue weighted by atomic mass is 79.9. The molecule has 1 atom stereocenters. The van der Waals surface area contributed by atoms with Gasteiger partial charge >= 0.3 is 0 Å². The van der Waals surface area contributed by atoms with E-state index in [0.717, 1.165) is 17.3 Å². The topological polar surface area (TPSA) is 0 Å². The predicted molar refractivity (Wildman–Crippen MR) is 53.1 cm³/mol. The first kappa shape index (κ1) is 9.72. The van der Waals surface area contributed by atoms with Gasteiger partial charge in [-0.25, -0.2) is 4.39 Å². The Morgan fingerprint density at radius 2 is 2.08 bits per heavy atom. The summed E-state index contributed by atoms with van der Waals surface area (Å²) in [4.78, 5) is 0. The first-order chi connectivity index (χ1) is 5.74. The van der Waals surface area contributed by atoms with Crippen LogP contribution in [0.3, 0.4) is 0 Å². The third-order valence-electron chi connectivity index (χ3n) is 1.79. The molecule has 0 heterocycles. The molecule has 0 aliphatic heterocycles. The summed E-state index contributed by atoms with van der Waals surface area (Å²) in [5.74, 6) is 0.396. The molecule has 12 heavy (non-hydrogen) atoms. The molecule has 0 fully saturated rings. The molecule has 0 bridgehead atoms. The van der Waals surface area contributed by atoms with Gasteiger partial charge in [0.05, 0.1) is 0 Å². The van der Waals surface area contributed by atoms with Crippen molar-refractivity contribution in [2.24, 2.45) is 5.92 Å². The fourth-order valence-corrected chi connectivity index (χ4v) is 1.32. The zero-order chi connectivity index (χ0) is 8.97. The molecular formula is C10H12BrF. The maximum atomic E-state index is 13.1. The molecule has 1 aromatic carbocycles. The van der Waals surface area contributed by atoms with Crippen molar-refractivity contribution in [3.63, 3.8) is 0 Å².